The average molecular weight is 975 g/mol. The van der Waals surface area contributed by atoms with Crippen LogP contribution in [0.4, 0.5) is 34.1 Å². The van der Waals surface area contributed by atoms with E-state index in [-0.39, 0.29) is 0 Å². The van der Waals surface area contributed by atoms with Crippen molar-refractivity contribution in [3.63, 3.8) is 0 Å². The minimum absolute atomic E-state index is 0.435. The topological polar surface area (TPSA) is 15.3 Å². The highest BCUT2D eigenvalue weighted by Crippen LogP contribution is 2.53. The van der Waals surface area contributed by atoms with E-state index in [9.17, 15) is 0 Å². The summed E-state index contributed by atoms with van der Waals surface area (Å²) in [7, 11) is 0. The normalized spacial score (nSPS) is 12.2. The molecule has 4 heteroatoms. The van der Waals surface area contributed by atoms with Crippen molar-refractivity contribution in [2.45, 2.75) is 39.5 Å². The summed E-state index contributed by atoms with van der Waals surface area (Å²) in [6, 6.07) is 90.4. The summed E-state index contributed by atoms with van der Waals surface area (Å²) < 4.78 is 5.22. The van der Waals surface area contributed by atoms with Crippen LogP contribution in [-0.2, 0) is 0 Å². The van der Waals surface area contributed by atoms with Crippen LogP contribution >= 0.6 is 0 Å². The van der Waals surface area contributed by atoms with Crippen LogP contribution in [0.3, 0.4) is 0 Å². The van der Waals surface area contributed by atoms with Gasteiger partial charge in [0.2, 0.25) is 0 Å². The van der Waals surface area contributed by atoms with Gasteiger partial charge in [-0.25, -0.2) is 0 Å². The Bertz CT molecular complexity index is 4350. The van der Waals surface area contributed by atoms with Crippen molar-refractivity contribution in [2.75, 3.05) is 9.80 Å². The Kier molecular flexibility index (Phi) is 9.93. The van der Waals surface area contributed by atoms with E-state index in [0.29, 0.717) is 11.8 Å². The van der Waals surface area contributed by atoms with Gasteiger partial charge in [-0.3, -0.25) is 0 Å². The fourth-order valence-corrected chi connectivity index (χ4v) is 12.7. The Morgan fingerprint density at radius 1 is 0.289 bits per heavy atom. The quantitative estimate of drug-likeness (QED) is 0.136. The number of aromatic nitrogens is 2. The lowest BCUT2D eigenvalue weighted by molar-refractivity contribution is 0.866. The van der Waals surface area contributed by atoms with Crippen molar-refractivity contribution < 1.29 is 0 Å². The third-order valence-electron chi connectivity index (χ3n) is 16.3. The first-order valence-corrected chi connectivity index (χ1v) is 26.8. The Morgan fingerprint density at radius 2 is 0.645 bits per heavy atom. The molecule has 4 nitrogen and oxygen atoms in total. The highest BCUT2D eigenvalue weighted by Gasteiger charge is 2.30. The standard InChI is InChI=1S/C72H54N4/c1-45(2)47-31-35-53(36-32-47)73(51-23-13-7-14-24-51)63-41-39-57-61-43-66-62(44-65(61)75-69-55(49-19-9-5-10-20-49)27-17-29-59(69)67(63)71(57)75)58-40-42-64(74(52-25-15-8-16-26-52)54-37-33-48(34-38-54)46(3)4)68-60-30-18-28-56(50-21-11-6-12-22-50)70(60)76(66)72(58)68/h5-46H,1-4H3. The molecule has 0 aliphatic rings. The van der Waals surface area contributed by atoms with Crippen molar-refractivity contribution in [3.05, 3.63) is 254 Å². The number of hydrogen-bond acceptors (Lipinski definition) is 2. The third kappa shape index (κ3) is 6.50. The number of benzene rings is 11. The SMILES string of the molecule is CC(C)c1ccc(N(c2ccccc2)c2ccc3c4cc5c(cc4n4c6c(-c7ccccc7)cccc6c2c34)c2ccc(N(c3ccccc3)c3ccc(C(C)C)cc3)c3c4cccc(-c6ccccc6)c4n5c23)cc1. The lowest BCUT2D eigenvalue weighted by Gasteiger charge is -2.27. The largest absolute Gasteiger partial charge is 0.310 e. The molecule has 0 bridgehead atoms. The first kappa shape index (κ1) is 44.1. The van der Waals surface area contributed by atoms with E-state index in [4.69, 9.17) is 0 Å². The molecule has 0 fully saturated rings. The van der Waals surface area contributed by atoms with Crippen LogP contribution in [-0.4, -0.2) is 8.80 Å². The molecule has 0 aliphatic heterocycles. The molecule has 0 N–H and O–H groups in total. The van der Waals surface area contributed by atoms with Gasteiger partial charge in [0.25, 0.3) is 0 Å². The molecule has 0 atom stereocenters. The first-order chi connectivity index (χ1) is 37.4. The van der Waals surface area contributed by atoms with E-state index in [1.807, 2.05) is 0 Å². The number of anilines is 6. The van der Waals surface area contributed by atoms with E-state index in [2.05, 4.69) is 289 Å². The first-order valence-electron chi connectivity index (χ1n) is 26.8. The summed E-state index contributed by atoms with van der Waals surface area (Å²) in [6.45, 7) is 9.06. The van der Waals surface area contributed by atoms with Crippen LogP contribution in [0.5, 0.6) is 0 Å². The molecule has 0 spiro atoms. The molecular formula is C72H54N4. The number of hydrogen-bond donors (Lipinski definition) is 0. The van der Waals surface area contributed by atoms with E-state index in [1.165, 1.54) is 110 Å². The Balaban J connectivity index is 1.08. The maximum absolute atomic E-state index is 2.61. The van der Waals surface area contributed by atoms with Crippen LogP contribution in [0, 0.1) is 0 Å². The van der Waals surface area contributed by atoms with Gasteiger partial charge in [0, 0.05) is 77.0 Å². The molecule has 0 amide bonds. The fourth-order valence-electron chi connectivity index (χ4n) is 12.7. The summed E-state index contributed by atoms with van der Waals surface area (Å²) >= 11 is 0. The third-order valence-corrected chi connectivity index (χ3v) is 16.3. The van der Waals surface area contributed by atoms with Crippen molar-refractivity contribution in [3.8, 4) is 22.3 Å². The zero-order valence-electron chi connectivity index (χ0n) is 43.0. The predicted octanol–water partition coefficient (Wildman–Crippen LogP) is 20.5. The average Bonchev–Trinajstić information content (AvgIpc) is 4.26. The van der Waals surface area contributed by atoms with Crippen LogP contribution in [0.1, 0.15) is 50.7 Å². The second kappa shape index (κ2) is 17.1. The minimum atomic E-state index is 0.435. The zero-order valence-corrected chi connectivity index (χ0v) is 43.0. The predicted molar refractivity (Wildman–Crippen MR) is 324 cm³/mol. The second-order valence-electron chi connectivity index (χ2n) is 21.2. The smallest absolute Gasteiger partial charge is 0.0641 e. The lowest BCUT2D eigenvalue weighted by Crippen LogP contribution is -2.10. The van der Waals surface area contributed by atoms with Gasteiger partial charge in [-0.2, -0.15) is 0 Å². The van der Waals surface area contributed by atoms with Gasteiger partial charge in [-0.15, -0.1) is 0 Å². The zero-order chi connectivity index (χ0) is 50.8. The van der Waals surface area contributed by atoms with Gasteiger partial charge >= 0.3 is 0 Å². The van der Waals surface area contributed by atoms with Crippen molar-refractivity contribution in [1.29, 1.82) is 0 Å². The monoisotopic (exact) mass is 974 g/mol. The van der Waals surface area contributed by atoms with Gasteiger partial charge in [-0.1, -0.05) is 198 Å². The van der Waals surface area contributed by atoms with E-state index < -0.39 is 0 Å². The molecule has 362 valence electrons. The van der Waals surface area contributed by atoms with Gasteiger partial charge in [0.1, 0.15) is 0 Å². The maximum Gasteiger partial charge on any atom is 0.0641 e. The molecule has 0 radical (unpaired) electrons. The molecule has 0 saturated carbocycles. The summed E-state index contributed by atoms with van der Waals surface area (Å²) in [5.74, 6) is 0.870. The fraction of sp³-hybridized carbons (Fsp3) is 0.0833. The summed E-state index contributed by atoms with van der Waals surface area (Å²) in [5, 5.41) is 9.90. The van der Waals surface area contributed by atoms with Gasteiger partial charge < -0.3 is 18.6 Å². The van der Waals surface area contributed by atoms with Gasteiger partial charge in [0.15, 0.2) is 0 Å². The van der Waals surface area contributed by atoms with Crippen LogP contribution in [0.15, 0.2) is 243 Å². The van der Waals surface area contributed by atoms with E-state index >= 15 is 0 Å². The summed E-state index contributed by atoms with van der Waals surface area (Å²) in [5.41, 5.74) is 21.6. The van der Waals surface area contributed by atoms with Crippen molar-refractivity contribution >= 4 is 110 Å². The Hall–Kier alpha value is -9.38. The minimum Gasteiger partial charge on any atom is -0.310 e. The van der Waals surface area contributed by atoms with E-state index in [1.54, 1.807) is 0 Å². The molecule has 15 rings (SSSR count). The second-order valence-corrected chi connectivity index (χ2v) is 21.2. The molecule has 0 unspecified atom stereocenters. The Morgan fingerprint density at radius 3 is 1.01 bits per heavy atom. The lowest BCUT2D eigenvalue weighted by atomic mass is 9.98. The van der Waals surface area contributed by atoms with Crippen molar-refractivity contribution in [1.82, 2.24) is 8.80 Å². The number of para-hydroxylation sites is 4. The number of fused-ring (bicyclic) bond motifs is 12. The van der Waals surface area contributed by atoms with Crippen LogP contribution < -0.4 is 9.80 Å². The number of rotatable bonds is 10. The molecule has 4 aromatic heterocycles. The highest BCUT2D eigenvalue weighted by molar-refractivity contribution is 6.33. The summed E-state index contributed by atoms with van der Waals surface area (Å²) in [4.78, 5) is 4.93. The number of nitrogens with zero attached hydrogens (tertiary/aromatic N) is 4. The molecule has 0 saturated heterocycles. The molecular weight excluding hydrogens is 921 g/mol. The molecule has 15 aromatic rings. The van der Waals surface area contributed by atoms with Gasteiger partial charge in [0.05, 0.1) is 44.5 Å². The maximum atomic E-state index is 2.61. The van der Waals surface area contributed by atoms with Gasteiger partial charge in [-0.05, 0) is 107 Å². The summed E-state index contributed by atoms with van der Waals surface area (Å²) in [6.07, 6.45) is 0. The highest BCUT2D eigenvalue weighted by atomic mass is 15.2. The van der Waals surface area contributed by atoms with Crippen LogP contribution in [0.25, 0.3) is 98.4 Å². The van der Waals surface area contributed by atoms with Crippen LogP contribution in [0.2, 0.25) is 0 Å². The molecule has 76 heavy (non-hydrogen) atoms. The molecule has 4 heterocycles. The Labute approximate surface area is 442 Å². The molecule has 11 aromatic carbocycles. The van der Waals surface area contributed by atoms with Crippen molar-refractivity contribution in [2.24, 2.45) is 0 Å². The van der Waals surface area contributed by atoms with E-state index in [0.717, 1.165) is 34.1 Å². The molecule has 0 aliphatic carbocycles.